The van der Waals surface area contributed by atoms with Crippen LogP contribution < -0.4 is 10.4 Å². The molecular formula is C25H34O2Si. The van der Waals surface area contributed by atoms with Crippen LogP contribution in [0.5, 0.6) is 0 Å². The van der Waals surface area contributed by atoms with Gasteiger partial charge < -0.3 is 0 Å². The van der Waals surface area contributed by atoms with E-state index in [9.17, 15) is 9.59 Å². The summed E-state index contributed by atoms with van der Waals surface area (Å²) in [7, 11) is -1.91. The number of rotatable bonds is 11. The van der Waals surface area contributed by atoms with Crippen molar-refractivity contribution >= 4 is 30.0 Å². The van der Waals surface area contributed by atoms with E-state index in [2.05, 4.69) is 37.7 Å². The summed E-state index contributed by atoms with van der Waals surface area (Å²) in [6.07, 6.45) is 7.75. The average Bonchev–Trinajstić information content (AvgIpc) is 2.70. The third kappa shape index (κ3) is 5.75. The van der Waals surface area contributed by atoms with E-state index in [0.717, 1.165) is 11.1 Å². The second-order valence-corrected chi connectivity index (χ2v) is 12.4. The lowest BCUT2D eigenvalue weighted by Gasteiger charge is -2.29. The van der Waals surface area contributed by atoms with Crippen LogP contribution in [-0.2, 0) is 0 Å². The fraction of sp³-hybridized carbons (Fsp3) is 0.440. The highest BCUT2D eigenvalue weighted by molar-refractivity contribution is 7.01. The molecule has 0 aliphatic heterocycles. The Hall–Kier alpha value is -2.00. The zero-order valence-electron chi connectivity index (χ0n) is 17.9. The summed E-state index contributed by atoms with van der Waals surface area (Å²) in [4.78, 5) is 23.3. The van der Waals surface area contributed by atoms with E-state index in [1.807, 2.05) is 24.3 Å². The molecule has 0 saturated heterocycles. The van der Waals surface area contributed by atoms with Crippen molar-refractivity contribution in [1.29, 1.82) is 0 Å². The molecule has 0 N–H and O–H groups in total. The van der Waals surface area contributed by atoms with E-state index < -0.39 is 8.07 Å². The average molecular weight is 395 g/mol. The van der Waals surface area contributed by atoms with Crippen LogP contribution in [0.25, 0.3) is 0 Å². The highest BCUT2D eigenvalue weighted by Crippen LogP contribution is 2.18. The molecule has 0 fully saturated rings. The predicted molar refractivity (Wildman–Crippen MR) is 122 cm³/mol. The van der Waals surface area contributed by atoms with Crippen molar-refractivity contribution in [3.8, 4) is 0 Å². The lowest BCUT2D eigenvalue weighted by molar-refractivity contribution is 0.100. The van der Waals surface area contributed by atoms with E-state index in [1.165, 1.54) is 54.9 Å². The Kier molecular flexibility index (Phi) is 8.37. The molecule has 28 heavy (non-hydrogen) atoms. The summed E-state index contributed by atoms with van der Waals surface area (Å²) in [5.41, 5.74) is 1.54. The Labute approximate surface area is 171 Å². The molecule has 0 bridgehead atoms. The Balaban J connectivity index is 2.26. The van der Waals surface area contributed by atoms with E-state index in [4.69, 9.17) is 0 Å². The van der Waals surface area contributed by atoms with Crippen molar-refractivity contribution in [3.05, 3.63) is 59.7 Å². The van der Waals surface area contributed by atoms with Crippen molar-refractivity contribution in [3.63, 3.8) is 0 Å². The number of unbranched alkanes of at least 4 members (excludes halogenated alkanes) is 5. The molecular weight excluding hydrogens is 360 g/mol. The van der Waals surface area contributed by atoms with E-state index in [0.29, 0.717) is 0 Å². The number of carbonyl (C=O) groups excluding carboxylic acids is 2. The summed E-state index contributed by atoms with van der Waals surface area (Å²) >= 11 is 0. The van der Waals surface area contributed by atoms with Crippen LogP contribution in [0.4, 0.5) is 0 Å². The largest absolute Gasteiger partial charge is 0.295 e. The SMILES string of the molecule is CCCCCCCC[Si](C)(c1ccc(C(C)=O)cc1)c1ccc(C(C)=O)cc1. The van der Waals surface area contributed by atoms with Crippen LogP contribution in [0.15, 0.2) is 48.5 Å². The number of benzene rings is 2. The molecule has 0 unspecified atom stereocenters. The quantitative estimate of drug-likeness (QED) is 0.280. The zero-order chi connectivity index (χ0) is 20.6. The zero-order valence-corrected chi connectivity index (χ0v) is 18.9. The van der Waals surface area contributed by atoms with Gasteiger partial charge in [0.25, 0.3) is 0 Å². The molecule has 0 aromatic heterocycles. The first-order valence-electron chi connectivity index (χ1n) is 10.6. The molecule has 0 spiro atoms. The van der Waals surface area contributed by atoms with Crippen molar-refractivity contribution in [2.45, 2.75) is 71.9 Å². The summed E-state index contributed by atoms with van der Waals surface area (Å²) < 4.78 is 0. The van der Waals surface area contributed by atoms with Crippen LogP contribution in [0, 0.1) is 0 Å². The Morgan fingerprint density at radius 1 is 0.679 bits per heavy atom. The fourth-order valence-electron chi connectivity index (χ4n) is 3.86. The van der Waals surface area contributed by atoms with Gasteiger partial charge in [-0.2, -0.15) is 0 Å². The monoisotopic (exact) mass is 394 g/mol. The van der Waals surface area contributed by atoms with Gasteiger partial charge in [-0.05, 0) is 19.9 Å². The molecule has 2 rings (SSSR count). The van der Waals surface area contributed by atoms with E-state index in [-0.39, 0.29) is 11.6 Å². The molecule has 2 aromatic rings. The van der Waals surface area contributed by atoms with E-state index >= 15 is 0 Å². The number of hydrogen-bond acceptors (Lipinski definition) is 2. The number of carbonyl (C=O) groups is 2. The van der Waals surface area contributed by atoms with Crippen LogP contribution in [0.1, 0.15) is 80.0 Å². The van der Waals surface area contributed by atoms with Crippen molar-refractivity contribution in [2.24, 2.45) is 0 Å². The first-order valence-corrected chi connectivity index (χ1v) is 13.3. The molecule has 0 heterocycles. The maximum atomic E-state index is 11.7. The fourth-order valence-corrected chi connectivity index (χ4v) is 7.53. The van der Waals surface area contributed by atoms with Crippen LogP contribution in [0.3, 0.4) is 0 Å². The summed E-state index contributed by atoms with van der Waals surface area (Å²) in [6, 6.07) is 17.7. The lowest BCUT2D eigenvalue weighted by atomic mass is 10.1. The topological polar surface area (TPSA) is 34.1 Å². The summed E-state index contributed by atoms with van der Waals surface area (Å²) in [5.74, 6) is 0.216. The molecule has 0 amide bonds. The minimum Gasteiger partial charge on any atom is -0.295 e. The maximum Gasteiger partial charge on any atom is 0.159 e. The molecule has 0 atom stereocenters. The molecule has 2 aromatic carbocycles. The molecule has 0 radical (unpaired) electrons. The van der Waals surface area contributed by atoms with Gasteiger partial charge in [0.1, 0.15) is 8.07 Å². The van der Waals surface area contributed by atoms with Gasteiger partial charge in [-0.3, -0.25) is 9.59 Å². The smallest absolute Gasteiger partial charge is 0.159 e. The molecule has 0 aliphatic rings. The van der Waals surface area contributed by atoms with Gasteiger partial charge >= 0.3 is 0 Å². The second kappa shape index (κ2) is 10.5. The standard InChI is InChI=1S/C25H34O2Si/c1-5-6-7-8-9-10-19-28(4,24-15-11-22(12-16-24)20(2)26)25-17-13-23(14-18-25)21(3)27/h11-18H,5-10,19H2,1-4H3. The van der Waals surface area contributed by atoms with Crippen molar-refractivity contribution in [1.82, 2.24) is 0 Å². The van der Waals surface area contributed by atoms with Crippen LogP contribution >= 0.6 is 0 Å². The van der Waals surface area contributed by atoms with Gasteiger partial charge in [0.15, 0.2) is 11.6 Å². The van der Waals surface area contributed by atoms with Crippen molar-refractivity contribution in [2.75, 3.05) is 0 Å². The molecule has 3 heteroatoms. The van der Waals surface area contributed by atoms with Gasteiger partial charge in [-0.15, -0.1) is 0 Å². The molecule has 150 valence electrons. The molecule has 0 aliphatic carbocycles. The summed E-state index contributed by atoms with van der Waals surface area (Å²) in [6.45, 7) is 7.90. The van der Waals surface area contributed by atoms with E-state index in [1.54, 1.807) is 13.8 Å². The Bertz CT molecular complexity index is 718. The molecule has 2 nitrogen and oxygen atoms in total. The third-order valence-corrected chi connectivity index (χ3v) is 10.5. The van der Waals surface area contributed by atoms with Crippen LogP contribution in [0.2, 0.25) is 12.6 Å². The minimum absolute atomic E-state index is 0.108. The van der Waals surface area contributed by atoms with Gasteiger partial charge in [0.2, 0.25) is 0 Å². The Morgan fingerprint density at radius 2 is 1.07 bits per heavy atom. The lowest BCUT2D eigenvalue weighted by Crippen LogP contribution is -2.55. The molecule has 0 saturated carbocycles. The highest BCUT2D eigenvalue weighted by atomic mass is 28.3. The first kappa shape index (κ1) is 22.3. The van der Waals surface area contributed by atoms with Gasteiger partial charge in [0.05, 0.1) is 0 Å². The Morgan fingerprint density at radius 3 is 1.46 bits per heavy atom. The second-order valence-electron chi connectivity index (χ2n) is 8.12. The van der Waals surface area contributed by atoms with Crippen LogP contribution in [-0.4, -0.2) is 19.6 Å². The predicted octanol–water partition coefficient (Wildman–Crippen LogP) is 5.65. The summed E-state index contributed by atoms with van der Waals surface area (Å²) in [5, 5.41) is 2.73. The normalized spacial score (nSPS) is 11.4. The van der Waals surface area contributed by atoms with Crippen molar-refractivity contribution < 1.29 is 9.59 Å². The maximum absolute atomic E-state index is 11.7. The number of Topliss-reactive ketones (excluding diaryl/α,β-unsaturated/α-hetero) is 2. The van der Waals surface area contributed by atoms with Gasteiger partial charge in [-0.1, -0.05) is 111 Å². The van der Waals surface area contributed by atoms with Gasteiger partial charge in [-0.25, -0.2) is 0 Å². The van der Waals surface area contributed by atoms with Gasteiger partial charge in [0, 0.05) is 11.1 Å². The minimum atomic E-state index is -1.91. The number of ketones is 2. The first-order chi connectivity index (χ1) is 13.4. The number of hydrogen-bond donors (Lipinski definition) is 0. The third-order valence-electron chi connectivity index (χ3n) is 5.89. The highest BCUT2D eigenvalue weighted by Gasteiger charge is 2.31.